The summed E-state index contributed by atoms with van der Waals surface area (Å²) in [6.45, 7) is 18.9. The zero-order chi connectivity index (χ0) is 33.7. The van der Waals surface area contributed by atoms with Crippen molar-refractivity contribution < 1.29 is 30.0 Å². The monoisotopic (exact) mass is 826 g/mol. The third-order valence-electron chi connectivity index (χ3n) is 9.88. The van der Waals surface area contributed by atoms with E-state index in [0.717, 1.165) is 53.4 Å². The number of hydrogen-bond acceptors (Lipinski definition) is 5. The smallest absolute Gasteiger partial charge is 0.164 e. The molecule has 4 nitrogen and oxygen atoms in total. The molecule has 0 aliphatic carbocycles. The Labute approximate surface area is 299 Å². The summed E-state index contributed by atoms with van der Waals surface area (Å²) >= 11 is 1.73. The first-order valence-electron chi connectivity index (χ1n) is 16.5. The number of fused-ring (bicyclic) bond motifs is 2. The maximum absolute atomic E-state index is 12.2. The number of carbonyl (C=O) groups excluding carboxylic acids is 1. The number of hydrogen-bond donors (Lipinski definition) is 1. The molecule has 251 valence electrons. The van der Waals surface area contributed by atoms with Gasteiger partial charge in [0, 0.05) is 60.7 Å². The number of nitrogens with zero attached hydrogens (tertiary/aromatic N) is 2. The van der Waals surface area contributed by atoms with Crippen molar-refractivity contribution in [3.05, 3.63) is 95.8 Å². The number of allylic oxidation sites excluding steroid dienone is 2. The summed E-state index contributed by atoms with van der Waals surface area (Å²) in [4.78, 5) is 21.3. The van der Waals surface area contributed by atoms with Crippen LogP contribution in [0.2, 0.25) is 0 Å². The van der Waals surface area contributed by atoms with Crippen LogP contribution in [0.1, 0.15) is 93.6 Å². The van der Waals surface area contributed by atoms with Crippen molar-refractivity contribution in [2.75, 3.05) is 0 Å². The van der Waals surface area contributed by atoms with Crippen LogP contribution < -0.4 is 0 Å². The summed E-state index contributed by atoms with van der Waals surface area (Å²) in [7, 11) is 0. The van der Waals surface area contributed by atoms with E-state index in [1.165, 1.54) is 27.3 Å². The van der Waals surface area contributed by atoms with Crippen LogP contribution >= 0.6 is 11.3 Å². The third kappa shape index (κ3) is 8.46. The molecule has 0 bridgehead atoms. The first-order valence-corrected chi connectivity index (χ1v) is 17.4. The summed E-state index contributed by atoms with van der Waals surface area (Å²) in [5.41, 5.74) is 6.13. The summed E-state index contributed by atoms with van der Waals surface area (Å²) in [6.07, 6.45) is 8.53. The molecule has 0 fully saturated rings. The van der Waals surface area contributed by atoms with Crippen molar-refractivity contribution in [1.29, 1.82) is 0 Å². The van der Waals surface area contributed by atoms with Crippen LogP contribution in [0.5, 0.6) is 0 Å². The molecule has 0 atom stereocenters. The second-order valence-corrected chi connectivity index (χ2v) is 14.7. The van der Waals surface area contributed by atoms with E-state index in [1.54, 1.807) is 11.3 Å². The molecular formula is C41H49IrN2O2S-. The van der Waals surface area contributed by atoms with Crippen LogP contribution in [-0.4, -0.2) is 20.9 Å². The predicted molar refractivity (Wildman–Crippen MR) is 196 cm³/mol. The molecule has 0 aliphatic rings. The Morgan fingerprint density at radius 2 is 1.49 bits per heavy atom. The molecule has 0 saturated heterocycles. The average Bonchev–Trinajstić information content (AvgIpc) is 3.56. The van der Waals surface area contributed by atoms with E-state index in [2.05, 4.69) is 96.8 Å². The van der Waals surface area contributed by atoms with Gasteiger partial charge in [0.15, 0.2) is 5.78 Å². The van der Waals surface area contributed by atoms with Gasteiger partial charge in [0.1, 0.15) is 5.76 Å². The maximum atomic E-state index is 12.2. The Balaban J connectivity index is 0.000000290. The van der Waals surface area contributed by atoms with Gasteiger partial charge < -0.3 is 5.11 Å². The quantitative estimate of drug-likeness (QED) is 0.0913. The summed E-state index contributed by atoms with van der Waals surface area (Å²) in [5, 5.41) is 14.6. The Morgan fingerprint density at radius 1 is 0.851 bits per heavy atom. The average molecular weight is 826 g/mol. The number of pyridine rings is 2. The van der Waals surface area contributed by atoms with Crippen molar-refractivity contribution in [3.63, 3.8) is 0 Å². The molecule has 2 aromatic carbocycles. The maximum Gasteiger partial charge on any atom is 0.164 e. The van der Waals surface area contributed by atoms with E-state index in [4.69, 9.17) is 0 Å². The Hall–Kier alpha value is -3.18. The molecule has 47 heavy (non-hydrogen) atoms. The predicted octanol–water partition coefficient (Wildman–Crippen LogP) is 11.9. The first kappa shape index (κ1) is 38.3. The van der Waals surface area contributed by atoms with Crippen molar-refractivity contribution in [3.8, 4) is 22.4 Å². The number of benzene rings is 2. The van der Waals surface area contributed by atoms with E-state index in [-0.39, 0.29) is 47.9 Å². The number of thiophene rings is 1. The molecule has 0 unspecified atom stereocenters. The van der Waals surface area contributed by atoms with Gasteiger partial charge >= 0.3 is 0 Å². The number of ketones is 1. The number of rotatable bonds is 9. The van der Waals surface area contributed by atoms with Crippen molar-refractivity contribution in [2.24, 2.45) is 10.8 Å². The van der Waals surface area contributed by atoms with Crippen molar-refractivity contribution >= 4 is 38.1 Å². The van der Waals surface area contributed by atoms with E-state index in [1.807, 2.05) is 53.9 Å². The summed E-state index contributed by atoms with van der Waals surface area (Å²) in [6, 6.07) is 22.7. The molecule has 3 aromatic heterocycles. The third-order valence-corrected chi connectivity index (χ3v) is 10.8. The molecule has 1 radical (unpaired) electrons. The number of aliphatic hydroxyl groups excluding tert-OH is 1. The van der Waals surface area contributed by atoms with Crippen LogP contribution in [-0.2, 0) is 30.3 Å². The zero-order valence-electron chi connectivity index (χ0n) is 29.3. The van der Waals surface area contributed by atoms with E-state index in [9.17, 15) is 9.90 Å². The van der Waals surface area contributed by atoms with Crippen LogP contribution in [0.25, 0.3) is 43.4 Å². The minimum absolute atomic E-state index is 0. The minimum atomic E-state index is -0.337. The fourth-order valence-electron chi connectivity index (χ4n) is 5.52. The van der Waals surface area contributed by atoms with E-state index in [0.29, 0.717) is 0 Å². The van der Waals surface area contributed by atoms with Gasteiger partial charge in [-0.2, -0.15) is 0 Å². The van der Waals surface area contributed by atoms with Crippen LogP contribution in [0.15, 0.2) is 84.2 Å². The first-order chi connectivity index (χ1) is 21.8. The minimum Gasteiger partial charge on any atom is -0.512 e. The Morgan fingerprint density at radius 3 is 2.13 bits per heavy atom. The second-order valence-electron chi connectivity index (χ2n) is 13.7. The van der Waals surface area contributed by atoms with Crippen LogP contribution in [0, 0.1) is 16.9 Å². The molecule has 5 aromatic rings. The number of aliphatic hydroxyl groups is 1. The van der Waals surface area contributed by atoms with E-state index >= 15 is 0 Å². The van der Waals surface area contributed by atoms with Crippen LogP contribution in [0.4, 0.5) is 0 Å². The zero-order valence-corrected chi connectivity index (χ0v) is 32.5. The van der Waals surface area contributed by atoms with Gasteiger partial charge in [0.2, 0.25) is 0 Å². The summed E-state index contributed by atoms with van der Waals surface area (Å²) < 4.78 is 1.21. The molecule has 0 aliphatic heterocycles. The topological polar surface area (TPSA) is 63.1 Å². The van der Waals surface area contributed by atoms with Gasteiger partial charge in [0.05, 0.1) is 10.2 Å². The van der Waals surface area contributed by atoms with Crippen LogP contribution in [0.3, 0.4) is 0 Å². The SMILES string of the molecule is CC(C)(C)c1cc(-c2cc(-c3ccnc4ccsc34)ccn2)[c-]c2ccccc12.CCC(C)(CC)C(=O)/C=C(\O)C(C)(CC)CC.[Ir]. The largest absolute Gasteiger partial charge is 0.512 e. The van der Waals surface area contributed by atoms with Gasteiger partial charge in [-0.3, -0.25) is 14.8 Å². The van der Waals surface area contributed by atoms with Gasteiger partial charge in [0.25, 0.3) is 0 Å². The van der Waals surface area contributed by atoms with Gasteiger partial charge in [-0.15, -0.1) is 40.5 Å². The Kier molecular flexibility index (Phi) is 12.9. The standard InChI is InChI=1S/C26H21N2S.C15H28O2.Ir/c1-26(2,3)22-15-19(14-17-6-4-5-7-20(17)22)24-16-18(8-11-28-24)21-9-12-27-23-10-13-29-25(21)23;1-7-14(5,8-2)12(16)11-13(17)15(6,9-3)10-4;/h4-13,15-16H,1-3H3;11,16H,7-10H2,1-6H3;/q-1;;/b;12-11-;. The number of carbonyl (C=O) groups is 1. The van der Waals surface area contributed by atoms with Gasteiger partial charge in [-0.25, -0.2) is 0 Å². The fourth-order valence-corrected chi connectivity index (χ4v) is 6.41. The molecule has 0 spiro atoms. The van der Waals surface area contributed by atoms with Gasteiger partial charge in [-0.05, 0) is 60.2 Å². The molecule has 0 amide bonds. The van der Waals surface area contributed by atoms with Crippen molar-refractivity contribution in [1.82, 2.24) is 9.97 Å². The molecule has 0 saturated carbocycles. The number of aromatic nitrogens is 2. The second kappa shape index (κ2) is 15.8. The Bertz CT molecular complexity index is 1840. The molecule has 6 heteroatoms. The summed E-state index contributed by atoms with van der Waals surface area (Å²) in [5.74, 6) is 0.286. The van der Waals surface area contributed by atoms with Crippen molar-refractivity contribution in [2.45, 2.75) is 93.4 Å². The molecular weight excluding hydrogens is 777 g/mol. The van der Waals surface area contributed by atoms with E-state index < -0.39 is 0 Å². The normalized spacial score (nSPS) is 12.4. The molecule has 1 N–H and O–H groups in total. The fraction of sp³-hybridized carbons (Fsp3) is 0.390. The van der Waals surface area contributed by atoms with Gasteiger partial charge in [-0.1, -0.05) is 97.5 Å². The molecule has 5 rings (SSSR count). The molecule has 3 heterocycles.